The number of nitrogens with one attached hydrogen (secondary N) is 2. The highest BCUT2D eigenvalue weighted by Crippen LogP contribution is 2.47. The van der Waals surface area contributed by atoms with Gasteiger partial charge in [0.2, 0.25) is 5.88 Å². The van der Waals surface area contributed by atoms with Crippen LogP contribution in [0, 0.1) is 0 Å². The second-order valence-corrected chi connectivity index (χ2v) is 8.79. The molecule has 0 unspecified atom stereocenters. The number of nitrogens with zero attached hydrogens (tertiary/aromatic N) is 5. The number of pyridine rings is 1. The second kappa shape index (κ2) is 6.78. The van der Waals surface area contributed by atoms with Crippen LogP contribution in [-0.2, 0) is 5.41 Å². The van der Waals surface area contributed by atoms with Gasteiger partial charge in [-0.05, 0) is 37.8 Å². The number of nitrogens with two attached hydrogens (primary N) is 1. The Balaban J connectivity index is 1.20. The molecule has 32 heavy (non-hydrogen) atoms. The van der Waals surface area contributed by atoms with Crippen LogP contribution in [-0.4, -0.2) is 30.7 Å². The summed E-state index contributed by atoms with van der Waals surface area (Å²) in [6.07, 6.45) is 9.69. The molecule has 0 aliphatic heterocycles. The molecular weight excluding hydrogens is 408 g/mol. The van der Waals surface area contributed by atoms with Crippen molar-refractivity contribution in [2.75, 3.05) is 16.4 Å². The number of aromatic nitrogens is 5. The minimum Gasteiger partial charge on any atom is -0.383 e. The maximum absolute atomic E-state index is 12.3. The Labute approximate surface area is 183 Å². The first kappa shape index (κ1) is 18.8. The maximum atomic E-state index is 12.3. The number of fused-ring (bicyclic) bond motifs is 1. The van der Waals surface area contributed by atoms with Gasteiger partial charge in [0.05, 0.1) is 11.1 Å². The van der Waals surface area contributed by atoms with Gasteiger partial charge in [0.15, 0.2) is 0 Å². The average Bonchev–Trinajstić information content (AvgIpc) is 3.68. The van der Waals surface area contributed by atoms with Crippen LogP contribution in [0.5, 0.6) is 0 Å². The Morgan fingerprint density at radius 1 is 1.22 bits per heavy atom. The summed E-state index contributed by atoms with van der Waals surface area (Å²) in [6.45, 7) is 2.13. The van der Waals surface area contributed by atoms with Crippen LogP contribution in [0.4, 0.5) is 22.3 Å². The molecule has 0 radical (unpaired) electrons. The van der Waals surface area contributed by atoms with E-state index in [1.165, 1.54) is 6.33 Å². The number of amides is 2. The number of nitrogen functional groups attached to an aromatic ring is 1. The first-order valence-electron chi connectivity index (χ1n) is 10.6. The van der Waals surface area contributed by atoms with Gasteiger partial charge < -0.3 is 14.8 Å². The normalized spacial score (nSPS) is 16.8. The first-order valence-corrected chi connectivity index (χ1v) is 10.6. The molecule has 4 aromatic rings. The average molecular weight is 430 g/mol. The largest absolute Gasteiger partial charge is 0.383 e. The molecule has 10 nitrogen and oxygen atoms in total. The van der Waals surface area contributed by atoms with E-state index in [1.54, 1.807) is 18.3 Å². The predicted molar refractivity (Wildman–Crippen MR) is 119 cm³/mol. The van der Waals surface area contributed by atoms with Gasteiger partial charge in [-0.2, -0.15) is 0 Å². The lowest BCUT2D eigenvalue weighted by molar-refractivity contribution is 0.261. The van der Waals surface area contributed by atoms with Crippen LogP contribution in [0.3, 0.4) is 0 Å². The van der Waals surface area contributed by atoms with E-state index in [-0.39, 0.29) is 5.41 Å². The number of hydrogen-bond acceptors (Lipinski definition) is 7. The molecule has 2 aliphatic carbocycles. The van der Waals surface area contributed by atoms with Crippen LogP contribution in [0.2, 0.25) is 0 Å². The van der Waals surface area contributed by atoms with E-state index in [9.17, 15) is 4.79 Å². The Kier molecular flexibility index (Phi) is 3.98. The van der Waals surface area contributed by atoms with Gasteiger partial charge in [-0.3, -0.25) is 10.6 Å². The fourth-order valence-corrected chi connectivity index (χ4v) is 3.91. The molecule has 4 aromatic heterocycles. The van der Waals surface area contributed by atoms with E-state index >= 15 is 0 Å². The van der Waals surface area contributed by atoms with Crippen molar-refractivity contribution in [2.45, 2.75) is 44.1 Å². The van der Waals surface area contributed by atoms with Gasteiger partial charge in [-0.25, -0.2) is 19.7 Å². The summed E-state index contributed by atoms with van der Waals surface area (Å²) in [5, 5.41) is 10.2. The number of carbonyl (C=O) groups is 1. The number of anilines is 3. The van der Waals surface area contributed by atoms with Crippen LogP contribution in [0.15, 0.2) is 41.4 Å². The smallest absolute Gasteiger partial charge is 0.327 e. The molecule has 0 bridgehead atoms. The van der Waals surface area contributed by atoms with Crippen molar-refractivity contribution in [3.8, 4) is 11.1 Å². The summed E-state index contributed by atoms with van der Waals surface area (Å²) < 4.78 is 7.39. The zero-order chi connectivity index (χ0) is 21.9. The van der Waals surface area contributed by atoms with Crippen molar-refractivity contribution in [2.24, 2.45) is 0 Å². The van der Waals surface area contributed by atoms with E-state index in [2.05, 4.69) is 48.4 Å². The summed E-state index contributed by atoms with van der Waals surface area (Å²) in [7, 11) is 0. The molecule has 4 N–H and O–H groups in total. The SMILES string of the molecule is CC1(c2cc(NC(=O)Nc3ccc(-c4cn(C5CC5)c5ncnc(N)c45)cn3)on2)CC1. The molecule has 2 fully saturated rings. The number of rotatable bonds is 5. The summed E-state index contributed by atoms with van der Waals surface area (Å²) in [5.74, 6) is 1.17. The van der Waals surface area contributed by atoms with Crippen LogP contribution in [0.25, 0.3) is 22.2 Å². The Morgan fingerprint density at radius 2 is 2.06 bits per heavy atom. The first-order chi connectivity index (χ1) is 15.5. The molecule has 0 atom stereocenters. The molecule has 162 valence electrons. The Bertz CT molecular complexity index is 1330. The van der Waals surface area contributed by atoms with Crippen LogP contribution >= 0.6 is 0 Å². The highest BCUT2D eigenvalue weighted by Gasteiger charge is 2.42. The number of hydrogen-bond donors (Lipinski definition) is 3. The molecule has 0 aromatic carbocycles. The fourth-order valence-electron chi connectivity index (χ4n) is 3.91. The quantitative estimate of drug-likeness (QED) is 0.433. The van der Waals surface area contributed by atoms with Gasteiger partial charge in [-0.1, -0.05) is 12.1 Å². The minimum absolute atomic E-state index is 0.0777. The standard InChI is InChI=1S/C22H22N8O2/c1-22(6-7-22)15-8-17(32-29-15)28-21(31)27-16-5-2-12(9-24-16)14-10-30(13-3-4-13)20-18(14)19(23)25-11-26-20/h2,5,8-11,13H,3-4,6-7H2,1H3,(H2,23,25,26)(H2,24,27,28,31). The van der Waals surface area contributed by atoms with Crippen molar-refractivity contribution >= 4 is 34.6 Å². The Hall–Kier alpha value is -3.95. The summed E-state index contributed by atoms with van der Waals surface area (Å²) in [5.41, 5.74) is 9.75. The molecular formula is C22H22N8O2. The van der Waals surface area contributed by atoms with Crippen molar-refractivity contribution in [1.82, 2.24) is 24.7 Å². The number of carbonyl (C=O) groups excluding carboxylic acids is 1. The third-order valence-electron chi connectivity index (χ3n) is 6.26. The topological polar surface area (TPSA) is 137 Å². The van der Waals surface area contributed by atoms with E-state index in [1.807, 2.05) is 6.07 Å². The highest BCUT2D eigenvalue weighted by atomic mass is 16.5. The molecule has 6 rings (SSSR count). The fraction of sp³-hybridized carbons (Fsp3) is 0.318. The lowest BCUT2D eigenvalue weighted by Gasteiger charge is -2.06. The third-order valence-corrected chi connectivity index (χ3v) is 6.26. The highest BCUT2D eigenvalue weighted by molar-refractivity contribution is 6.01. The van der Waals surface area contributed by atoms with E-state index < -0.39 is 6.03 Å². The molecule has 2 aliphatic rings. The zero-order valence-electron chi connectivity index (χ0n) is 17.5. The van der Waals surface area contributed by atoms with Gasteiger partial charge >= 0.3 is 6.03 Å². The third kappa shape index (κ3) is 3.24. The molecule has 2 saturated carbocycles. The van der Waals surface area contributed by atoms with E-state index in [0.717, 1.165) is 53.5 Å². The maximum Gasteiger partial charge on any atom is 0.327 e. The molecule has 10 heteroatoms. The summed E-state index contributed by atoms with van der Waals surface area (Å²) in [6, 6.07) is 5.41. The van der Waals surface area contributed by atoms with Crippen LogP contribution in [0.1, 0.15) is 44.3 Å². The van der Waals surface area contributed by atoms with E-state index in [0.29, 0.717) is 23.6 Å². The van der Waals surface area contributed by atoms with Crippen molar-refractivity contribution in [3.05, 3.63) is 42.6 Å². The predicted octanol–water partition coefficient (Wildman–Crippen LogP) is 4.09. The van der Waals surface area contributed by atoms with Gasteiger partial charge in [0, 0.05) is 41.0 Å². The zero-order valence-corrected chi connectivity index (χ0v) is 17.5. The van der Waals surface area contributed by atoms with Gasteiger partial charge in [0.1, 0.15) is 23.6 Å². The van der Waals surface area contributed by atoms with Crippen molar-refractivity contribution in [3.63, 3.8) is 0 Å². The molecule has 0 saturated heterocycles. The monoisotopic (exact) mass is 430 g/mol. The van der Waals surface area contributed by atoms with Gasteiger partial charge in [-0.15, -0.1) is 0 Å². The van der Waals surface area contributed by atoms with Crippen molar-refractivity contribution in [1.29, 1.82) is 0 Å². The number of urea groups is 1. The lowest BCUT2D eigenvalue weighted by atomic mass is 10.1. The Morgan fingerprint density at radius 3 is 2.78 bits per heavy atom. The van der Waals surface area contributed by atoms with Crippen LogP contribution < -0.4 is 16.4 Å². The van der Waals surface area contributed by atoms with E-state index in [4.69, 9.17) is 10.3 Å². The summed E-state index contributed by atoms with van der Waals surface area (Å²) in [4.78, 5) is 25.3. The summed E-state index contributed by atoms with van der Waals surface area (Å²) >= 11 is 0. The second-order valence-electron chi connectivity index (χ2n) is 8.79. The van der Waals surface area contributed by atoms with Gasteiger partial charge in [0.25, 0.3) is 0 Å². The van der Waals surface area contributed by atoms with Crippen molar-refractivity contribution < 1.29 is 9.32 Å². The molecule has 4 heterocycles. The lowest BCUT2D eigenvalue weighted by Crippen LogP contribution is -2.19. The molecule has 0 spiro atoms. The minimum atomic E-state index is -0.447. The molecule has 2 amide bonds.